The highest BCUT2D eigenvalue weighted by atomic mass is 127. The molecule has 1 aliphatic rings. The largest absolute Gasteiger partial charge is 0.388 e. The van der Waals surface area contributed by atoms with E-state index in [0.717, 1.165) is 25.8 Å². The third-order valence-corrected chi connectivity index (χ3v) is 5.99. The van der Waals surface area contributed by atoms with Crippen molar-refractivity contribution in [2.24, 2.45) is 0 Å². The number of nitrogens with one attached hydrogen (secondary N) is 2. The maximum atomic E-state index is 10.4. The Hall–Kier alpha value is -2.28. The Labute approximate surface area is 179 Å². The molecule has 0 amide bonds. The average Bonchev–Trinajstić information content (AvgIpc) is 3.37. The van der Waals surface area contributed by atoms with Crippen LogP contribution in [0.5, 0.6) is 0 Å². The van der Waals surface area contributed by atoms with Gasteiger partial charge in [-0.2, -0.15) is 0 Å². The molecule has 0 bridgehead atoms. The van der Waals surface area contributed by atoms with E-state index in [1.807, 2.05) is 30.5 Å². The second-order valence-corrected chi connectivity index (χ2v) is 8.23. The van der Waals surface area contributed by atoms with Gasteiger partial charge >= 0.3 is 0 Å². The molecule has 1 aliphatic heterocycles. The van der Waals surface area contributed by atoms with E-state index < -0.39 is 24.5 Å². The Morgan fingerprint density at radius 1 is 1.24 bits per heavy atom. The average molecular weight is 506 g/mol. The number of aliphatic hydroxyl groups excluding tert-OH is 2. The zero-order chi connectivity index (χ0) is 20.1. The number of ether oxygens (including phenoxy) is 1. The quantitative estimate of drug-likeness (QED) is 0.313. The molecule has 9 nitrogen and oxygen atoms in total. The third-order valence-electron chi connectivity index (χ3n) is 5.18. The van der Waals surface area contributed by atoms with Crippen molar-refractivity contribution in [3.63, 3.8) is 0 Å². The number of aromatic amines is 1. The molecule has 0 spiro atoms. The van der Waals surface area contributed by atoms with Crippen molar-refractivity contribution in [2.75, 3.05) is 5.32 Å². The zero-order valence-electron chi connectivity index (χ0n) is 15.5. The van der Waals surface area contributed by atoms with Crippen LogP contribution in [0, 0.1) is 3.57 Å². The van der Waals surface area contributed by atoms with Crippen LogP contribution in [0.4, 0.5) is 5.82 Å². The van der Waals surface area contributed by atoms with Crippen molar-refractivity contribution in [2.45, 2.75) is 38.0 Å². The van der Waals surface area contributed by atoms with Gasteiger partial charge in [0.1, 0.15) is 35.8 Å². The molecule has 10 heteroatoms. The molecule has 0 aliphatic carbocycles. The monoisotopic (exact) mass is 506 g/mol. The third kappa shape index (κ3) is 3.16. The molecule has 4 heterocycles. The Morgan fingerprint density at radius 3 is 2.83 bits per heavy atom. The Kier molecular flexibility index (Phi) is 4.65. The molecular weight excluding hydrogens is 487 g/mol. The van der Waals surface area contributed by atoms with Crippen molar-refractivity contribution in [3.05, 3.63) is 46.2 Å². The number of anilines is 1. The molecule has 4 N–H and O–H groups in total. The molecule has 0 saturated carbocycles. The summed E-state index contributed by atoms with van der Waals surface area (Å²) in [5, 5.41) is 24.6. The molecule has 0 radical (unpaired) electrons. The number of fused-ring (bicyclic) bond motifs is 2. The van der Waals surface area contributed by atoms with E-state index in [4.69, 9.17) is 4.74 Å². The molecule has 1 saturated heterocycles. The van der Waals surface area contributed by atoms with Gasteiger partial charge in [0.15, 0.2) is 6.23 Å². The molecule has 29 heavy (non-hydrogen) atoms. The predicted molar refractivity (Wildman–Crippen MR) is 115 cm³/mol. The molecule has 1 fully saturated rings. The van der Waals surface area contributed by atoms with Crippen molar-refractivity contribution < 1.29 is 14.9 Å². The maximum Gasteiger partial charge on any atom is 0.164 e. The van der Waals surface area contributed by atoms with Gasteiger partial charge in [-0.05, 0) is 41.6 Å². The van der Waals surface area contributed by atoms with E-state index in [9.17, 15) is 10.2 Å². The molecular formula is C19H19IN6O3. The number of para-hydroxylation sites is 2. The molecule has 1 aromatic carbocycles. The Balaban J connectivity index is 1.47. The number of hydrogen-bond acceptors (Lipinski definition) is 7. The number of aliphatic hydroxyl groups is 2. The topological polar surface area (TPSA) is 121 Å². The summed E-state index contributed by atoms with van der Waals surface area (Å²) in [5.41, 5.74) is 2.53. The lowest BCUT2D eigenvalue weighted by molar-refractivity contribution is -0.0297. The van der Waals surface area contributed by atoms with E-state index in [1.54, 1.807) is 11.5 Å². The Morgan fingerprint density at radius 2 is 2.07 bits per heavy atom. The minimum absolute atomic E-state index is 0.461. The number of imidazole rings is 1. The highest BCUT2D eigenvalue weighted by Gasteiger charge is 2.42. The van der Waals surface area contributed by atoms with Crippen LogP contribution in [0.1, 0.15) is 19.0 Å². The van der Waals surface area contributed by atoms with E-state index >= 15 is 0 Å². The minimum Gasteiger partial charge on any atom is -0.388 e. The first-order valence-corrected chi connectivity index (χ1v) is 10.3. The van der Waals surface area contributed by atoms with E-state index in [0.29, 0.717) is 18.0 Å². The van der Waals surface area contributed by atoms with E-state index in [2.05, 4.69) is 47.8 Å². The summed E-state index contributed by atoms with van der Waals surface area (Å²) in [6, 6.07) is 7.87. The van der Waals surface area contributed by atoms with Crippen LogP contribution in [0.2, 0.25) is 0 Å². The van der Waals surface area contributed by atoms with Gasteiger partial charge in [-0.3, -0.25) is 0 Å². The van der Waals surface area contributed by atoms with Crippen LogP contribution >= 0.6 is 22.6 Å². The van der Waals surface area contributed by atoms with E-state index in [-0.39, 0.29) is 0 Å². The van der Waals surface area contributed by atoms with Crippen LogP contribution in [0.15, 0.2) is 36.8 Å². The lowest BCUT2D eigenvalue weighted by atomic mass is 10.1. The van der Waals surface area contributed by atoms with Gasteiger partial charge in [-0.1, -0.05) is 12.1 Å². The van der Waals surface area contributed by atoms with Crippen molar-refractivity contribution in [3.8, 4) is 0 Å². The second-order valence-electron chi connectivity index (χ2n) is 7.07. The lowest BCUT2D eigenvalue weighted by Gasteiger charge is -2.17. The van der Waals surface area contributed by atoms with Crippen molar-refractivity contribution >= 4 is 50.5 Å². The smallest absolute Gasteiger partial charge is 0.164 e. The van der Waals surface area contributed by atoms with Gasteiger partial charge in [-0.15, -0.1) is 0 Å². The number of benzene rings is 1. The van der Waals surface area contributed by atoms with E-state index in [1.165, 1.54) is 6.33 Å². The van der Waals surface area contributed by atoms with Crippen LogP contribution in [0.3, 0.4) is 0 Å². The summed E-state index contributed by atoms with van der Waals surface area (Å²) in [6.07, 6.45) is 0.185. The lowest BCUT2D eigenvalue weighted by Crippen LogP contribution is -2.30. The summed E-state index contributed by atoms with van der Waals surface area (Å²) in [6.45, 7) is 2.21. The molecule has 0 unspecified atom stereocenters. The summed E-state index contributed by atoms with van der Waals surface area (Å²) in [5.74, 6) is 1.47. The minimum atomic E-state index is -1.03. The predicted octanol–water partition coefficient (Wildman–Crippen LogP) is 2.16. The fourth-order valence-corrected chi connectivity index (χ4v) is 4.48. The summed E-state index contributed by atoms with van der Waals surface area (Å²) < 4.78 is 8.42. The summed E-state index contributed by atoms with van der Waals surface area (Å²) in [4.78, 5) is 16.6. The summed E-state index contributed by atoms with van der Waals surface area (Å²) in [7, 11) is 0. The highest BCUT2D eigenvalue weighted by Crippen LogP contribution is 2.35. The van der Waals surface area contributed by atoms with Crippen LogP contribution in [-0.4, -0.2) is 53.0 Å². The van der Waals surface area contributed by atoms with Crippen LogP contribution < -0.4 is 5.32 Å². The summed E-state index contributed by atoms with van der Waals surface area (Å²) >= 11 is 2.21. The van der Waals surface area contributed by atoms with Gasteiger partial charge in [0.2, 0.25) is 0 Å². The second kappa shape index (κ2) is 7.20. The number of hydrogen-bond donors (Lipinski definition) is 4. The number of aromatic nitrogens is 5. The van der Waals surface area contributed by atoms with Gasteiger partial charge in [0.25, 0.3) is 0 Å². The normalized spacial score (nSPS) is 24.6. The Bertz CT molecular complexity index is 1160. The van der Waals surface area contributed by atoms with Gasteiger partial charge in [-0.25, -0.2) is 15.0 Å². The molecule has 4 aromatic rings. The van der Waals surface area contributed by atoms with Gasteiger partial charge in [0, 0.05) is 9.77 Å². The van der Waals surface area contributed by atoms with Gasteiger partial charge in [0.05, 0.1) is 29.1 Å². The number of H-pyrrole nitrogens is 1. The maximum absolute atomic E-state index is 10.4. The zero-order valence-corrected chi connectivity index (χ0v) is 17.6. The molecule has 150 valence electrons. The van der Waals surface area contributed by atoms with Crippen LogP contribution in [0.25, 0.3) is 22.1 Å². The molecule has 3 aromatic heterocycles. The number of halogens is 1. The van der Waals surface area contributed by atoms with Crippen LogP contribution in [-0.2, 0) is 11.3 Å². The standard InChI is InChI=1S/C19H19IN6O3/c1-9-15(27)16(28)19(29-9)26-7-10(20)14-17(22-8-23-18(14)26)21-6-13-24-11-4-2-3-5-12(11)25-13/h2-5,7-9,15-16,19,27-28H,6H2,1H3,(H,24,25)(H,21,22,23)/t9-,15-,16-,19-/m1/s1. The first-order valence-electron chi connectivity index (χ1n) is 9.23. The van der Waals surface area contributed by atoms with Crippen molar-refractivity contribution in [1.82, 2.24) is 24.5 Å². The first-order chi connectivity index (χ1) is 14.0. The fraction of sp³-hybridized carbons (Fsp3) is 0.316. The number of nitrogens with zero attached hydrogens (tertiary/aromatic N) is 4. The molecule has 4 atom stereocenters. The van der Waals surface area contributed by atoms with Crippen molar-refractivity contribution in [1.29, 1.82) is 0 Å². The first kappa shape index (κ1) is 18.7. The number of rotatable bonds is 4. The SMILES string of the molecule is C[C@H]1O[C@@H](n2cc(I)c3c(NCc4nc5ccccc5[nH]4)ncnc32)[C@H](O)[C@@H]1O. The molecule has 5 rings (SSSR count). The fourth-order valence-electron chi connectivity index (χ4n) is 3.68. The highest BCUT2D eigenvalue weighted by molar-refractivity contribution is 14.1. The van der Waals surface area contributed by atoms with Gasteiger partial charge < -0.3 is 29.8 Å².